The number of carbonyl (C=O) groups is 2. The largest absolute Gasteiger partial charge is 0.338 e. The van der Waals surface area contributed by atoms with Gasteiger partial charge < -0.3 is 10.6 Å². The summed E-state index contributed by atoms with van der Waals surface area (Å²) in [6, 6.07) is 31.2. The predicted octanol–water partition coefficient (Wildman–Crippen LogP) is 11.8. The fraction of sp³-hybridized carbons (Fsp3) is 0.585. The standard InChI is InChI=1S/C27H39N3O.C26H33N3O/c1-24(2)18-13-14-27(24,7)20(15-18)28-23(31)30-16-19(17-11-9-8-10-12-17)21(29-30)22-25(3,4)26(22,5)6;1-24(2)22(25(24,3)4)21-20(18-13-9-7-10-14-18)17-29(28-21)23(30)27-26(5,6)19-15-11-8-12-16-19/h8-12,18-20,22H,13-16H2,1-7H3,(H,28,31);7-16,20,22H,17H2,1-6H3,(H,27,30)/t18-,19?,20+,27+;/m1./s1. The van der Waals surface area contributed by atoms with Crippen LogP contribution in [0.3, 0.4) is 0 Å². The Balaban J connectivity index is 0.000000169. The zero-order chi connectivity index (χ0) is 44.1. The van der Waals surface area contributed by atoms with Crippen LogP contribution in [0.15, 0.2) is 101 Å². The molecule has 326 valence electrons. The second kappa shape index (κ2) is 14.6. The molecule has 4 amide bonds. The van der Waals surface area contributed by atoms with E-state index >= 15 is 0 Å². The maximum Gasteiger partial charge on any atom is 0.338 e. The predicted molar refractivity (Wildman–Crippen MR) is 248 cm³/mol. The number of benzene rings is 3. The van der Waals surface area contributed by atoms with Gasteiger partial charge in [-0.15, -0.1) is 0 Å². The Labute approximate surface area is 366 Å². The van der Waals surface area contributed by atoms with E-state index in [0.717, 1.165) is 17.7 Å². The highest BCUT2D eigenvalue weighted by molar-refractivity contribution is 6.00. The summed E-state index contributed by atoms with van der Waals surface area (Å²) < 4.78 is 0. The van der Waals surface area contributed by atoms with Crippen molar-refractivity contribution in [3.05, 3.63) is 108 Å². The third kappa shape index (κ3) is 6.93. The Kier molecular flexibility index (Phi) is 10.3. The third-order valence-corrected chi connectivity index (χ3v) is 18.4. The highest BCUT2D eigenvalue weighted by atomic mass is 16.2. The van der Waals surface area contributed by atoms with Crippen molar-refractivity contribution in [3.8, 4) is 0 Å². The van der Waals surface area contributed by atoms with Gasteiger partial charge in [0.2, 0.25) is 0 Å². The molecule has 4 fully saturated rings. The van der Waals surface area contributed by atoms with Crippen LogP contribution < -0.4 is 10.6 Å². The average molecular weight is 825 g/mol. The summed E-state index contributed by atoms with van der Waals surface area (Å²) in [4.78, 5) is 26.7. The Hall–Kier alpha value is -4.46. The van der Waals surface area contributed by atoms with Gasteiger partial charge in [0.05, 0.1) is 30.1 Å². The van der Waals surface area contributed by atoms with E-state index in [4.69, 9.17) is 10.2 Å². The van der Waals surface area contributed by atoms with E-state index in [-0.39, 0.29) is 57.0 Å². The average Bonchev–Trinajstić information content (AvgIpc) is 3.62. The molecule has 5 atom stereocenters. The lowest BCUT2D eigenvalue weighted by Gasteiger charge is -2.39. The second-order valence-electron chi connectivity index (χ2n) is 22.9. The van der Waals surface area contributed by atoms with Crippen LogP contribution in [-0.4, -0.2) is 52.6 Å². The van der Waals surface area contributed by atoms with Gasteiger partial charge in [-0.2, -0.15) is 10.2 Å². The molecule has 0 radical (unpaired) electrons. The van der Waals surface area contributed by atoms with E-state index in [1.165, 1.54) is 29.7 Å². The van der Waals surface area contributed by atoms with Crippen molar-refractivity contribution in [1.29, 1.82) is 0 Å². The summed E-state index contributed by atoms with van der Waals surface area (Å²) in [7, 11) is 0. The van der Waals surface area contributed by atoms with Gasteiger partial charge in [0.15, 0.2) is 0 Å². The molecule has 2 bridgehead atoms. The minimum Gasteiger partial charge on any atom is -0.333 e. The number of hydrogen-bond donors (Lipinski definition) is 2. The number of fused-ring (bicyclic) bond motifs is 2. The van der Waals surface area contributed by atoms with Gasteiger partial charge in [0.25, 0.3) is 0 Å². The van der Waals surface area contributed by atoms with Crippen molar-refractivity contribution in [3.63, 3.8) is 0 Å². The molecule has 2 aliphatic heterocycles. The van der Waals surface area contributed by atoms with Crippen molar-refractivity contribution in [2.45, 2.75) is 133 Å². The van der Waals surface area contributed by atoms with Gasteiger partial charge in [0, 0.05) is 29.7 Å². The van der Waals surface area contributed by atoms with Crippen LogP contribution in [0.1, 0.15) is 138 Å². The van der Waals surface area contributed by atoms with Gasteiger partial charge in [0.1, 0.15) is 0 Å². The van der Waals surface area contributed by atoms with Crippen LogP contribution in [0.5, 0.6) is 0 Å². The molecule has 61 heavy (non-hydrogen) atoms. The summed E-state index contributed by atoms with van der Waals surface area (Å²) in [6.45, 7) is 31.0. The van der Waals surface area contributed by atoms with E-state index in [0.29, 0.717) is 36.3 Å². The van der Waals surface area contributed by atoms with Crippen LogP contribution in [0.4, 0.5) is 9.59 Å². The molecule has 2 heterocycles. The van der Waals surface area contributed by atoms with E-state index in [9.17, 15) is 9.59 Å². The Morgan fingerprint density at radius 1 is 0.590 bits per heavy atom. The zero-order valence-corrected chi connectivity index (χ0v) is 39.3. The molecule has 4 saturated carbocycles. The molecule has 3 aromatic carbocycles. The highest BCUT2D eigenvalue weighted by Gasteiger charge is 2.69. The molecular weight excluding hydrogens is 753 g/mol. The number of urea groups is 2. The van der Waals surface area contributed by atoms with E-state index < -0.39 is 5.54 Å². The number of hydrogen-bond acceptors (Lipinski definition) is 4. The minimum absolute atomic E-state index is 0.0123. The maximum absolute atomic E-state index is 13.4. The van der Waals surface area contributed by atoms with Gasteiger partial charge in [-0.05, 0) is 88.2 Å². The number of nitrogens with one attached hydrogen (secondary N) is 2. The summed E-state index contributed by atoms with van der Waals surface area (Å²) in [5, 5.41) is 19.9. The van der Waals surface area contributed by atoms with Gasteiger partial charge >= 0.3 is 12.1 Å². The van der Waals surface area contributed by atoms with Crippen LogP contribution >= 0.6 is 0 Å². The van der Waals surface area contributed by atoms with Crippen molar-refractivity contribution in [2.24, 2.45) is 60.4 Å². The lowest BCUT2D eigenvalue weighted by atomic mass is 9.69. The number of amides is 4. The minimum atomic E-state index is -0.475. The summed E-state index contributed by atoms with van der Waals surface area (Å²) in [5.41, 5.74) is 6.65. The van der Waals surface area contributed by atoms with Crippen molar-refractivity contribution in [1.82, 2.24) is 20.7 Å². The lowest BCUT2D eigenvalue weighted by Crippen LogP contribution is -2.50. The van der Waals surface area contributed by atoms with Crippen LogP contribution in [0, 0.1) is 50.2 Å². The molecule has 2 unspecified atom stereocenters. The highest BCUT2D eigenvalue weighted by Crippen LogP contribution is 2.71. The van der Waals surface area contributed by atoms with Crippen molar-refractivity contribution < 1.29 is 9.59 Å². The summed E-state index contributed by atoms with van der Waals surface area (Å²) in [5.74, 6) is 1.82. The van der Waals surface area contributed by atoms with Crippen LogP contribution in [0.2, 0.25) is 0 Å². The smallest absolute Gasteiger partial charge is 0.333 e. The Bertz CT molecular complexity index is 2180. The van der Waals surface area contributed by atoms with Crippen LogP contribution in [0.25, 0.3) is 0 Å². The SMILES string of the molecule is CC(C)(NC(=O)N1CC(c2ccccc2)C(C2C(C)(C)C2(C)C)=N1)c1ccccc1.CC1(C)C(C2=NN(C(=O)N[C@H]3C[C@H]4CC[C@]3(C)C4(C)C)CC2c2ccccc2)C1(C)C. The zero-order valence-electron chi connectivity index (χ0n) is 39.3. The molecule has 4 aliphatic carbocycles. The van der Waals surface area contributed by atoms with Gasteiger partial charge in [-0.25, -0.2) is 19.6 Å². The monoisotopic (exact) mass is 825 g/mol. The molecule has 8 heteroatoms. The number of rotatable bonds is 7. The van der Waals surface area contributed by atoms with Gasteiger partial charge in [-0.1, -0.05) is 167 Å². The normalized spacial score (nSPS) is 29.9. The fourth-order valence-electron chi connectivity index (χ4n) is 12.5. The first-order chi connectivity index (χ1) is 28.5. The van der Waals surface area contributed by atoms with Crippen molar-refractivity contribution >= 4 is 23.5 Å². The van der Waals surface area contributed by atoms with E-state index in [2.05, 4.69) is 141 Å². The van der Waals surface area contributed by atoms with Crippen LogP contribution in [-0.2, 0) is 5.54 Å². The first-order valence-electron chi connectivity index (χ1n) is 23.0. The second-order valence-corrected chi connectivity index (χ2v) is 22.9. The van der Waals surface area contributed by atoms with Crippen molar-refractivity contribution in [2.75, 3.05) is 13.1 Å². The molecule has 6 aliphatic rings. The molecule has 0 spiro atoms. The van der Waals surface area contributed by atoms with Gasteiger partial charge in [-0.3, -0.25) is 0 Å². The molecule has 2 N–H and O–H groups in total. The summed E-state index contributed by atoms with van der Waals surface area (Å²) in [6.07, 6.45) is 3.61. The quantitative estimate of drug-likeness (QED) is 0.248. The van der Waals surface area contributed by atoms with E-state index in [1.807, 2.05) is 50.2 Å². The molecule has 3 aromatic rings. The molecule has 8 nitrogen and oxygen atoms in total. The maximum atomic E-state index is 13.4. The molecule has 0 saturated heterocycles. The summed E-state index contributed by atoms with van der Waals surface area (Å²) >= 11 is 0. The van der Waals surface area contributed by atoms with E-state index in [1.54, 1.807) is 10.0 Å². The number of nitrogens with zero attached hydrogens (tertiary/aromatic N) is 4. The Morgan fingerprint density at radius 3 is 1.38 bits per heavy atom. The molecule has 9 rings (SSSR count). The third-order valence-electron chi connectivity index (χ3n) is 18.4. The number of hydrazone groups is 2. The molecule has 0 aromatic heterocycles. The first kappa shape index (κ1) is 43.2. The molecular formula is C53H72N6O2. The Morgan fingerprint density at radius 2 is 1.00 bits per heavy atom. The topological polar surface area (TPSA) is 89.4 Å². The first-order valence-corrected chi connectivity index (χ1v) is 23.0. The number of carbonyl (C=O) groups excluding carboxylic acids is 2. The fourth-order valence-corrected chi connectivity index (χ4v) is 12.5. The lowest BCUT2D eigenvalue weighted by molar-refractivity contribution is 0.118.